The van der Waals surface area contributed by atoms with Gasteiger partial charge >= 0.3 is 0 Å². The summed E-state index contributed by atoms with van der Waals surface area (Å²) in [5, 5.41) is 7.39. The van der Waals surface area contributed by atoms with Gasteiger partial charge in [0.05, 0.1) is 20.8 Å². The van der Waals surface area contributed by atoms with Crippen LogP contribution in [0.2, 0.25) is 5.02 Å². The summed E-state index contributed by atoms with van der Waals surface area (Å²) in [6.45, 7) is 1.97. The van der Waals surface area contributed by atoms with Gasteiger partial charge in [0, 0.05) is 27.9 Å². The first-order valence-electron chi connectivity index (χ1n) is 8.43. The number of methoxy groups -OCH3 is 2. The molecule has 0 spiro atoms. The Hall–Kier alpha value is -3.06. The van der Waals surface area contributed by atoms with Crippen molar-refractivity contribution in [2.45, 2.75) is 13.5 Å². The zero-order chi connectivity index (χ0) is 20.3. The smallest absolute Gasteiger partial charge is 0.257 e. The average molecular weight is 404 g/mol. The Morgan fingerprint density at radius 2 is 1.93 bits per heavy atom. The summed E-state index contributed by atoms with van der Waals surface area (Å²) < 4.78 is 26.0. The van der Waals surface area contributed by atoms with Crippen LogP contribution >= 0.6 is 11.6 Å². The largest absolute Gasteiger partial charge is 0.493 e. The van der Waals surface area contributed by atoms with E-state index in [4.69, 9.17) is 21.1 Å². The van der Waals surface area contributed by atoms with Crippen molar-refractivity contribution >= 4 is 23.3 Å². The Bertz CT molecular complexity index is 1000. The van der Waals surface area contributed by atoms with E-state index in [1.54, 1.807) is 41.1 Å². The minimum atomic E-state index is -0.404. The number of carbonyl (C=O) groups is 1. The maximum atomic E-state index is 14.0. The highest BCUT2D eigenvalue weighted by Crippen LogP contribution is 2.28. The summed E-state index contributed by atoms with van der Waals surface area (Å²) in [6.07, 6.45) is 0. The molecule has 1 heterocycles. The molecule has 2 aromatic carbocycles. The second-order valence-electron chi connectivity index (χ2n) is 6.05. The molecule has 0 atom stereocenters. The molecule has 1 aromatic heterocycles. The SMILES string of the molecule is COc1ccc(C(=O)Nc2cc(C)n(Cc3c(F)cccc3Cl)n2)cc1OC. The van der Waals surface area contributed by atoms with Gasteiger partial charge in [0.2, 0.25) is 0 Å². The van der Waals surface area contributed by atoms with E-state index in [0.29, 0.717) is 33.5 Å². The van der Waals surface area contributed by atoms with Crippen molar-refractivity contribution < 1.29 is 18.7 Å². The molecule has 0 aliphatic heterocycles. The Labute approximate surface area is 166 Å². The van der Waals surface area contributed by atoms with Gasteiger partial charge in [-0.3, -0.25) is 9.48 Å². The quantitative estimate of drug-likeness (QED) is 0.666. The molecule has 6 nitrogen and oxygen atoms in total. The average Bonchev–Trinajstić information content (AvgIpc) is 3.03. The summed E-state index contributed by atoms with van der Waals surface area (Å²) in [4.78, 5) is 12.5. The van der Waals surface area contributed by atoms with E-state index in [0.717, 1.165) is 5.69 Å². The number of rotatable bonds is 6. The minimum absolute atomic E-state index is 0.156. The zero-order valence-corrected chi connectivity index (χ0v) is 16.4. The number of hydrogen-bond acceptors (Lipinski definition) is 4. The fourth-order valence-corrected chi connectivity index (χ4v) is 2.95. The molecule has 146 valence electrons. The Morgan fingerprint density at radius 1 is 1.18 bits per heavy atom. The summed E-state index contributed by atoms with van der Waals surface area (Å²) in [5.74, 6) is 0.574. The Kier molecular flexibility index (Phi) is 5.84. The lowest BCUT2D eigenvalue weighted by Crippen LogP contribution is -2.13. The summed E-state index contributed by atoms with van der Waals surface area (Å²) >= 11 is 6.08. The van der Waals surface area contributed by atoms with E-state index in [9.17, 15) is 9.18 Å². The first kappa shape index (κ1) is 19.7. The highest BCUT2D eigenvalue weighted by molar-refractivity contribution is 6.31. The third kappa shape index (κ3) is 4.09. The van der Waals surface area contributed by atoms with Crippen molar-refractivity contribution in [1.29, 1.82) is 0 Å². The second-order valence-corrected chi connectivity index (χ2v) is 6.46. The van der Waals surface area contributed by atoms with E-state index in [1.807, 2.05) is 6.92 Å². The van der Waals surface area contributed by atoms with Gasteiger partial charge in [0.25, 0.3) is 5.91 Å². The van der Waals surface area contributed by atoms with Crippen molar-refractivity contribution in [2.75, 3.05) is 19.5 Å². The molecule has 8 heteroatoms. The number of ether oxygens (including phenoxy) is 2. The number of aromatic nitrogens is 2. The van der Waals surface area contributed by atoms with Crippen molar-refractivity contribution in [3.8, 4) is 11.5 Å². The van der Waals surface area contributed by atoms with Crippen LogP contribution in [-0.2, 0) is 6.54 Å². The monoisotopic (exact) mass is 403 g/mol. The van der Waals surface area contributed by atoms with Gasteiger partial charge < -0.3 is 14.8 Å². The summed E-state index contributed by atoms with van der Waals surface area (Å²) in [6, 6.07) is 11.1. The predicted molar refractivity (Wildman–Crippen MR) is 105 cm³/mol. The number of halogens is 2. The molecule has 0 aliphatic rings. The van der Waals surface area contributed by atoms with Crippen molar-refractivity contribution in [3.05, 3.63) is 70.1 Å². The van der Waals surface area contributed by atoms with E-state index in [-0.39, 0.29) is 12.5 Å². The molecule has 0 saturated carbocycles. The van der Waals surface area contributed by atoms with E-state index in [1.165, 1.54) is 20.3 Å². The number of nitrogens with zero attached hydrogens (tertiary/aromatic N) is 2. The van der Waals surface area contributed by atoms with Gasteiger partial charge in [-0.15, -0.1) is 0 Å². The van der Waals surface area contributed by atoms with E-state index >= 15 is 0 Å². The number of nitrogens with one attached hydrogen (secondary N) is 1. The maximum absolute atomic E-state index is 14.0. The molecular weight excluding hydrogens is 385 g/mol. The van der Waals surface area contributed by atoms with Crippen molar-refractivity contribution in [3.63, 3.8) is 0 Å². The number of hydrogen-bond donors (Lipinski definition) is 1. The van der Waals surface area contributed by atoms with Crippen LogP contribution in [0.3, 0.4) is 0 Å². The van der Waals surface area contributed by atoms with Gasteiger partial charge in [0.15, 0.2) is 17.3 Å². The first-order chi connectivity index (χ1) is 13.4. The summed E-state index contributed by atoms with van der Waals surface area (Å²) in [7, 11) is 3.02. The van der Waals surface area contributed by atoms with Gasteiger partial charge in [-0.1, -0.05) is 17.7 Å². The lowest BCUT2D eigenvalue weighted by Gasteiger charge is -2.09. The van der Waals surface area contributed by atoms with Crippen molar-refractivity contribution in [2.24, 2.45) is 0 Å². The molecule has 1 amide bonds. The molecule has 3 aromatic rings. The van der Waals surface area contributed by atoms with Crippen LogP contribution in [0.4, 0.5) is 10.2 Å². The molecule has 0 unspecified atom stereocenters. The lowest BCUT2D eigenvalue weighted by atomic mass is 10.2. The molecule has 0 fully saturated rings. The number of benzene rings is 2. The van der Waals surface area contributed by atoms with Crippen LogP contribution in [0.5, 0.6) is 11.5 Å². The van der Waals surface area contributed by atoms with Gasteiger partial charge in [-0.05, 0) is 37.3 Å². The fourth-order valence-electron chi connectivity index (χ4n) is 2.73. The van der Waals surface area contributed by atoms with Gasteiger partial charge in [-0.25, -0.2) is 4.39 Å². The topological polar surface area (TPSA) is 65.4 Å². The molecule has 0 bridgehead atoms. The van der Waals surface area contributed by atoms with Crippen LogP contribution in [0.25, 0.3) is 0 Å². The normalized spacial score (nSPS) is 10.6. The van der Waals surface area contributed by atoms with Gasteiger partial charge in [0.1, 0.15) is 5.82 Å². The third-order valence-electron chi connectivity index (χ3n) is 4.24. The Balaban J connectivity index is 1.79. The van der Waals surface area contributed by atoms with Crippen LogP contribution < -0.4 is 14.8 Å². The lowest BCUT2D eigenvalue weighted by molar-refractivity contribution is 0.102. The number of carbonyl (C=O) groups excluding carboxylic acids is 1. The Morgan fingerprint density at radius 3 is 2.61 bits per heavy atom. The minimum Gasteiger partial charge on any atom is -0.493 e. The predicted octanol–water partition coefficient (Wildman–Crippen LogP) is 4.30. The molecule has 0 saturated heterocycles. The van der Waals surface area contributed by atoms with Crippen LogP contribution in [0.1, 0.15) is 21.6 Å². The third-order valence-corrected chi connectivity index (χ3v) is 4.59. The molecule has 1 N–H and O–H groups in total. The van der Waals surface area contributed by atoms with Crippen LogP contribution in [0.15, 0.2) is 42.5 Å². The van der Waals surface area contributed by atoms with Crippen LogP contribution in [0, 0.1) is 12.7 Å². The number of amides is 1. The molecule has 0 aliphatic carbocycles. The standard InChI is InChI=1S/C20H19ClFN3O3/c1-12-9-19(24-25(12)11-14-15(21)5-4-6-16(14)22)23-20(26)13-7-8-17(27-2)18(10-13)28-3/h4-10H,11H2,1-3H3,(H,23,24,26). The molecule has 0 radical (unpaired) electrons. The maximum Gasteiger partial charge on any atom is 0.257 e. The fraction of sp³-hybridized carbons (Fsp3) is 0.200. The number of aryl methyl sites for hydroxylation is 1. The summed E-state index contributed by atoms with van der Waals surface area (Å²) in [5.41, 5.74) is 1.48. The van der Waals surface area contributed by atoms with E-state index < -0.39 is 5.82 Å². The van der Waals surface area contributed by atoms with E-state index in [2.05, 4.69) is 10.4 Å². The molecular formula is C20H19ClFN3O3. The zero-order valence-electron chi connectivity index (χ0n) is 15.6. The number of anilines is 1. The van der Waals surface area contributed by atoms with Gasteiger partial charge in [-0.2, -0.15) is 5.10 Å². The second kappa shape index (κ2) is 8.31. The molecule has 28 heavy (non-hydrogen) atoms. The molecule has 3 rings (SSSR count). The van der Waals surface area contributed by atoms with Crippen molar-refractivity contribution in [1.82, 2.24) is 9.78 Å². The van der Waals surface area contributed by atoms with Crippen LogP contribution in [-0.4, -0.2) is 29.9 Å². The first-order valence-corrected chi connectivity index (χ1v) is 8.81. The highest BCUT2D eigenvalue weighted by atomic mass is 35.5. The highest BCUT2D eigenvalue weighted by Gasteiger charge is 2.15.